The first-order chi connectivity index (χ1) is 14.4. The predicted octanol–water partition coefficient (Wildman–Crippen LogP) is 6.38. The van der Waals surface area contributed by atoms with Gasteiger partial charge in [-0.05, 0) is 35.7 Å². The van der Waals surface area contributed by atoms with Crippen molar-refractivity contribution < 1.29 is 14.3 Å². The molecule has 0 radical (unpaired) electrons. The molecule has 5 heteroatoms. The van der Waals surface area contributed by atoms with Crippen LogP contribution in [0.25, 0.3) is 0 Å². The fourth-order valence-electron chi connectivity index (χ4n) is 3.10. The van der Waals surface area contributed by atoms with Crippen molar-refractivity contribution in [2.24, 2.45) is 5.92 Å². The third kappa shape index (κ3) is 4.64. The topological polar surface area (TPSA) is 59.3 Å². The van der Waals surface area contributed by atoms with Crippen LogP contribution in [0.15, 0.2) is 84.9 Å². The molecule has 0 heterocycles. The van der Waals surface area contributed by atoms with E-state index in [1.807, 2.05) is 68.4 Å². The highest BCUT2D eigenvalue weighted by molar-refractivity contribution is 6.34. The first-order valence-electron chi connectivity index (χ1n) is 9.63. The molecule has 3 aromatic carbocycles. The lowest BCUT2D eigenvalue weighted by Crippen LogP contribution is -2.37. The number of para-hydroxylation sites is 1. The van der Waals surface area contributed by atoms with Gasteiger partial charge in [0.05, 0.1) is 0 Å². The average Bonchev–Trinajstić information content (AvgIpc) is 2.78. The van der Waals surface area contributed by atoms with E-state index in [1.54, 1.807) is 36.4 Å². The van der Waals surface area contributed by atoms with Gasteiger partial charge in [-0.15, -0.1) is 11.6 Å². The van der Waals surface area contributed by atoms with Crippen LogP contribution in [0.3, 0.4) is 0 Å². The van der Waals surface area contributed by atoms with Crippen LogP contribution in [0, 0.1) is 17.2 Å². The quantitative estimate of drug-likeness (QED) is 0.329. The molecule has 0 bridgehead atoms. The zero-order valence-electron chi connectivity index (χ0n) is 16.8. The molecule has 3 rings (SSSR count). The molecule has 0 unspecified atom stereocenters. The zero-order chi connectivity index (χ0) is 21.6. The molecule has 0 aliphatic rings. The molecule has 0 saturated carbocycles. The minimum atomic E-state index is -1.39. The van der Waals surface area contributed by atoms with E-state index < -0.39 is 16.9 Å². The molecule has 0 aliphatic carbocycles. The highest BCUT2D eigenvalue weighted by Crippen LogP contribution is 2.39. The average molecular weight is 420 g/mol. The van der Waals surface area contributed by atoms with E-state index in [0.717, 1.165) is 0 Å². The van der Waals surface area contributed by atoms with Gasteiger partial charge in [-0.2, -0.15) is 5.26 Å². The highest BCUT2D eigenvalue weighted by Gasteiger charge is 2.44. The van der Waals surface area contributed by atoms with Gasteiger partial charge in [0.15, 0.2) is 4.87 Å². The molecular formula is C25H22ClNO3. The predicted molar refractivity (Wildman–Crippen MR) is 116 cm³/mol. The number of alkyl halides is 1. The Morgan fingerprint density at radius 2 is 1.53 bits per heavy atom. The molecule has 0 N–H and O–H groups in total. The lowest BCUT2D eigenvalue weighted by Gasteiger charge is -2.30. The Kier molecular flexibility index (Phi) is 6.76. The number of nitrogens with zero attached hydrogens (tertiary/aromatic N) is 1. The normalized spacial score (nSPS) is 13.7. The molecule has 152 valence electrons. The third-order valence-electron chi connectivity index (χ3n) is 4.77. The molecule has 2 atom stereocenters. The summed E-state index contributed by atoms with van der Waals surface area (Å²) in [6.45, 7) is 3.69. The lowest BCUT2D eigenvalue weighted by molar-refractivity contribution is -0.152. The van der Waals surface area contributed by atoms with Crippen molar-refractivity contribution in [2.45, 2.75) is 24.8 Å². The van der Waals surface area contributed by atoms with Gasteiger partial charge in [-0.3, -0.25) is 0 Å². The number of hydrogen-bond donors (Lipinski definition) is 0. The van der Waals surface area contributed by atoms with Crippen LogP contribution < -0.4 is 4.74 Å². The van der Waals surface area contributed by atoms with Crippen molar-refractivity contribution in [1.29, 1.82) is 5.26 Å². The Morgan fingerprint density at radius 3 is 2.13 bits per heavy atom. The van der Waals surface area contributed by atoms with E-state index >= 15 is 0 Å². The Morgan fingerprint density at radius 1 is 0.933 bits per heavy atom. The van der Waals surface area contributed by atoms with Crippen molar-refractivity contribution >= 4 is 17.6 Å². The summed E-state index contributed by atoms with van der Waals surface area (Å²) in [7, 11) is 0. The zero-order valence-corrected chi connectivity index (χ0v) is 17.5. The van der Waals surface area contributed by atoms with E-state index in [1.165, 1.54) is 0 Å². The number of halogens is 1. The maximum atomic E-state index is 13.1. The van der Waals surface area contributed by atoms with Gasteiger partial charge >= 0.3 is 5.97 Å². The van der Waals surface area contributed by atoms with Gasteiger partial charge in [0.25, 0.3) is 0 Å². The summed E-state index contributed by atoms with van der Waals surface area (Å²) >= 11 is 6.77. The van der Waals surface area contributed by atoms with Crippen LogP contribution in [0.4, 0.5) is 0 Å². The van der Waals surface area contributed by atoms with Gasteiger partial charge in [-0.1, -0.05) is 74.5 Å². The number of rotatable bonds is 7. The number of ether oxygens (including phenoxy) is 2. The van der Waals surface area contributed by atoms with Crippen LogP contribution in [0.2, 0.25) is 0 Å². The molecule has 0 aliphatic heterocycles. The molecule has 0 spiro atoms. The van der Waals surface area contributed by atoms with E-state index in [0.29, 0.717) is 22.6 Å². The van der Waals surface area contributed by atoms with Crippen molar-refractivity contribution in [3.8, 4) is 17.6 Å². The summed E-state index contributed by atoms with van der Waals surface area (Å²) in [5.74, 6) is 0.301. The monoisotopic (exact) mass is 419 g/mol. The second-order valence-corrected chi connectivity index (χ2v) is 7.73. The van der Waals surface area contributed by atoms with Crippen LogP contribution in [0.1, 0.15) is 31.1 Å². The molecule has 4 nitrogen and oxygen atoms in total. The minimum absolute atomic E-state index is 0.249. The largest absolute Gasteiger partial charge is 0.457 e. The standard InChI is InChI=1S/C25H22ClNO3/c1-18(2)25(26,20-11-5-3-6-12-20)24(28)30-23(17-27)19-10-9-15-22(16-19)29-21-13-7-4-8-14-21/h3-16,18,23H,1-2H3/t23-,25+/m0/s1. The van der Waals surface area contributed by atoms with Gasteiger partial charge in [-0.25, -0.2) is 4.79 Å². The van der Waals surface area contributed by atoms with Gasteiger partial charge in [0.1, 0.15) is 17.6 Å². The van der Waals surface area contributed by atoms with Crippen LogP contribution in [0.5, 0.6) is 11.5 Å². The van der Waals surface area contributed by atoms with E-state index in [9.17, 15) is 10.1 Å². The van der Waals surface area contributed by atoms with Gasteiger partial charge in [0, 0.05) is 5.56 Å². The van der Waals surface area contributed by atoms with Crippen LogP contribution >= 0.6 is 11.6 Å². The smallest absolute Gasteiger partial charge is 0.333 e. The van der Waals surface area contributed by atoms with Crippen LogP contribution in [-0.2, 0) is 14.4 Å². The summed E-state index contributed by atoms with van der Waals surface area (Å²) in [5, 5.41) is 9.67. The highest BCUT2D eigenvalue weighted by atomic mass is 35.5. The number of esters is 1. The van der Waals surface area contributed by atoms with Gasteiger partial charge in [0.2, 0.25) is 6.10 Å². The summed E-state index contributed by atoms with van der Waals surface area (Å²) in [6.07, 6.45) is -1.11. The van der Waals surface area contributed by atoms with Crippen molar-refractivity contribution in [2.75, 3.05) is 0 Å². The summed E-state index contributed by atoms with van der Waals surface area (Å²) in [4.78, 5) is 11.7. The van der Waals surface area contributed by atoms with E-state index in [2.05, 4.69) is 0 Å². The maximum Gasteiger partial charge on any atom is 0.333 e. The Labute approximate surface area is 181 Å². The van der Waals surface area contributed by atoms with E-state index in [-0.39, 0.29) is 5.92 Å². The summed E-state index contributed by atoms with van der Waals surface area (Å²) in [5.41, 5.74) is 1.14. The third-order valence-corrected chi connectivity index (χ3v) is 5.58. The Hall–Kier alpha value is -3.29. The minimum Gasteiger partial charge on any atom is -0.457 e. The van der Waals surface area contributed by atoms with E-state index in [4.69, 9.17) is 21.1 Å². The molecule has 0 aromatic heterocycles. The van der Waals surface area contributed by atoms with Gasteiger partial charge < -0.3 is 9.47 Å². The second-order valence-electron chi connectivity index (χ2n) is 7.13. The van der Waals surface area contributed by atoms with Crippen LogP contribution in [-0.4, -0.2) is 5.97 Å². The van der Waals surface area contributed by atoms with Crippen molar-refractivity contribution in [1.82, 2.24) is 0 Å². The summed E-state index contributed by atoms with van der Waals surface area (Å²) < 4.78 is 11.4. The van der Waals surface area contributed by atoms with Crippen molar-refractivity contribution in [3.05, 3.63) is 96.1 Å². The fourth-order valence-corrected chi connectivity index (χ4v) is 3.27. The number of nitriles is 1. The summed E-state index contributed by atoms with van der Waals surface area (Å²) in [6, 6.07) is 27.3. The first kappa shape index (κ1) is 21.4. The molecule has 0 saturated heterocycles. The number of carbonyl (C=O) groups excluding carboxylic acids is 1. The molecule has 0 amide bonds. The Bertz CT molecular complexity index is 1030. The SMILES string of the molecule is CC(C)[C@](Cl)(C(=O)O[C@@H](C#N)c1cccc(Oc2ccccc2)c1)c1ccccc1. The lowest BCUT2D eigenvalue weighted by atomic mass is 9.87. The van der Waals surface area contributed by atoms with Crippen molar-refractivity contribution in [3.63, 3.8) is 0 Å². The molecule has 3 aromatic rings. The first-order valence-corrected chi connectivity index (χ1v) is 10.0. The number of hydrogen-bond acceptors (Lipinski definition) is 4. The number of carbonyl (C=O) groups is 1. The molecular weight excluding hydrogens is 398 g/mol. The Balaban J connectivity index is 1.83. The number of benzene rings is 3. The fraction of sp³-hybridized carbons (Fsp3) is 0.200. The molecule has 0 fully saturated rings. The molecule has 30 heavy (non-hydrogen) atoms. The second kappa shape index (κ2) is 9.47. The maximum absolute atomic E-state index is 13.1.